The summed E-state index contributed by atoms with van der Waals surface area (Å²) in [6, 6.07) is 3.79. The highest BCUT2D eigenvalue weighted by atomic mass is 19.1. The Morgan fingerprint density at radius 1 is 1.59 bits per heavy atom. The highest BCUT2D eigenvalue weighted by Crippen LogP contribution is 2.21. The molecule has 17 heavy (non-hydrogen) atoms. The Balaban J connectivity index is 2.89. The van der Waals surface area contributed by atoms with E-state index in [4.69, 9.17) is 5.73 Å². The zero-order valence-electron chi connectivity index (χ0n) is 9.98. The van der Waals surface area contributed by atoms with Crippen molar-refractivity contribution in [2.45, 2.75) is 6.92 Å². The molecule has 0 saturated carbocycles. The monoisotopic (exact) mass is 240 g/mol. The van der Waals surface area contributed by atoms with Gasteiger partial charge in [-0.15, -0.1) is 0 Å². The van der Waals surface area contributed by atoms with Crippen LogP contribution in [0.5, 0.6) is 5.75 Å². The summed E-state index contributed by atoms with van der Waals surface area (Å²) in [4.78, 5) is 13.3. The quantitative estimate of drug-likeness (QED) is 0.831. The van der Waals surface area contributed by atoms with Gasteiger partial charge in [0, 0.05) is 13.6 Å². The van der Waals surface area contributed by atoms with Gasteiger partial charge < -0.3 is 15.7 Å². The van der Waals surface area contributed by atoms with Gasteiger partial charge in [0.2, 0.25) is 0 Å². The average molecular weight is 240 g/mol. The van der Waals surface area contributed by atoms with E-state index in [2.05, 4.69) is 0 Å². The van der Waals surface area contributed by atoms with Gasteiger partial charge in [-0.3, -0.25) is 4.79 Å². The first-order valence-corrected chi connectivity index (χ1v) is 5.40. The van der Waals surface area contributed by atoms with Gasteiger partial charge in [0.15, 0.2) is 0 Å². The van der Waals surface area contributed by atoms with Crippen molar-refractivity contribution in [2.75, 3.05) is 20.1 Å². The maximum absolute atomic E-state index is 13.4. The van der Waals surface area contributed by atoms with Crippen molar-refractivity contribution < 1.29 is 14.3 Å². The lowest BCUT2D eigenvalue weighted by Gasteiger charge is -2.21. The van der Waals surface area contributed by atoms with E-state index in [1.165, 1.54) is 17.0 Å². The van der Waals surface area contributed by atoms with E-state index >= 15 is 0 Å². The van der Waals surface area contributed by atoms with Gasteiger partial charge in [-0.1, -0.05) is 13.0 Å². The number of nitrogens with zero attached hydrogens (tertiary/aromatic N) is 1. The van der Waals surface area contributed by atoms with E-state index < -0.39 is 11.7 Å². The molecule has 3 N–H and O–H groups in total. The van der Waals surface area contributed by atoms with E-state index in [0.29, 0.717) is 13.1 Å². The van der Waals surface area contributed by atoms with E-state index in [0.717, 1.165) is 6.07 Å². The van der Waals surface area contributed by atoms with Crippen molar-refractivity contribution in [1.29, 1.82) is 0 Å². The molecule has 1 unspecified atom stereocenters. The van der Waals surface area contributed by atoms with Crippen molar-refractivity contribution >= 4 is 5.91 Å². The fourth-order valence-electron chi connectivity index (χ4n) is 1.54. The van der Waals surface area contributed by atoms with Gasteiger partial charge in [0.05, 0.1) is 0 Å². The minimum absolute atomic E-state index is 0.123. The number of phenols is 1. The summed E-state index contributed by atoms with van der Waals surface area (Å²) in [6.45, 7) is 2.76. The van der Waals surface area contributed by atoms with Crippen LogP contribution in [0, 0.1) is 11.7 Å². The zero-order chi connectivity index (χ0) is 13.0. The van der Waals surface area contributed by atoms with Gasteiger partial charge in [-0.25, -0.2) is 4.39 Å². The third-order valence-corrected chi connectivity index (χ3v) is 2.54. The second-order valence-electron chi connectivity index (χ2n) is 4.16. The van der Waals surface area contributed by atoms with Crippen molar-refractivity contribution in [3.63, 3.8) is 0 Å². The van der Waals surface area contributed by atoms with Crippen LogP contribution in [0.2, 0.25) is 0 Å². The Morgan fingerprint density at radius 2 is 2.24 bits per heavy atom. The lowest BCUT2D eigenvalue weighted by Crippen LogP contribution is -2.34. The van der Waals surface area contributed by atoms with E-state index in [1.807, 2.05) is 6.92 Å². The molecule has 0 heterocycles. The molecule has 0 spiro atoms. The summed E-state index contributed by atoms with van der Waals surface area (Å²) in [5.41, 5.74) is 5.17. The number of nitrogens with two attached hydrogens (primary N) is 1. The minimum Gasteiger partial charge on any atom is -0.507 e. The van der Waals surface area contributed by atoms with Gasteiger partial charge >= 0.3 is 0 Å². The number of aromatic hydroxyl groups is 1. The van der Waals surface area contributed by atoms with Crippen LogP contribution in [0.25, 0.3) is 0 Å². The predicted molar refractivity (Wildman–Crippen MR) is 63.2 cm³/mol. The van der Waals surface area contributed by atoms with Crippen molar-refractivity contribution in [3.05, 3.63) is 29.6 Å². The van der Waals surface area contributed by atoms with Crippen LogP contribution in [-0.2, 0) is 0 Å². The Labute approximate surface area is 99.8 Å². The zero-order valence-corrected chi connectivity index (χ0v) is 9.98. The number of amides is 1. The van der Waals surface area contributed by atoms with Crippen molar-refractivity contribution in [3.8, 4) is 5.75 Å². The topological polar surface area (TPSA) is 66.6 Å². The molecule has 1 amide bonds. The highest BCUT2D eigenvalue weighted by molar-refractivity contribution is 5.96. The Hall–Kier alpha value is -1.62. The second kappa shape index (κ2) is 5.63. The molecule has 1 aromatic rings. The maximum atomic E-state index is 13.4. The Bertz CT molecular complexity index is 389. The van der Waals surface area contributed by atoms with Crippen molar-refractivity contribution in [2.24, 2.45) is 11.7 Å². The molecule has 0 radical (unpaired) electrons. The molecule has 1 rings (SSSR count). The fourth-order valence-corrected chi connectivity index (χ4v) is 1.54. The van der Waals surface area contributed by atoms with Gasteiger partial charge in [-0.05, 0) is 24.6 Å². The van der Waals surface area contributed by atoms with Crippen LogP contribution in [0.3, 0.4) is 0 Å². The lowest BCUT2D eigenvalue weighted by atomic mass is 10.1. The summed E-state index contributed by atoms with van der Waals surface area (Å²) >= 11 is 0. The molecule has 0 aliphatic rings. The molecular weight excluding hydrogens is 223 g/mol. The number of phenolic OH excluding ortho intramolecular Hbond substituents is 1. The summed E-state index contributed by atoms with van der Waals surface area (Å²) in [7, 11) is 1.56. The number of hydrogen-bond donors (Lipinski definition) is 2. The van der Waals surface area contributed by atoms with E-state index in [-0.39, 0.29) is 17.2 Å². The maximum Gasteiger partial charge on any atom is 0.260 e. The van der Waals surface area contributed by atoms with Gasteiger partial charge in [-0.2, -0.15) is 0 Å². The summed E-state index contributed by atoms with van der Waals surface area (Å²) in [5.74, 6) is -1.48. The standard InChI is InChI=1S/C12H17FN2O2/c1-8(6-14)7-15(2)12(17)11-9(13)4-3-5-10(11)16/h3-5,8,16H,6-7,14H2,1-2H3. The third-order valence-electron chi connectivity index (χ3n) is 2.54. The summed E-state index contributed by atoms with van der Waals surface area (Å²) < 4.78 is 13.4. The lowest BCUT2D eigenvalue weighted by molar-refractivity contribution is 0.0769. The van der Waals surface area contributed by atoms with E-state index in [9.17, 15) is 14.3 Å². The number of benzene rings is 1. The number of halogens is 1. The SMILES string of the molecule is CC(CN)CN(C)C(=O)c1c(O)cccc1F. The van der Waals surface area contributed by atoms with Crippen LogP contribution >= 0.6 is 0 Å². The molecule has 0 aromatic heterocycles. The number of carbonyl (C=O) groups excluding carboxylic acids is 1. The molecule has 4 nitrogen and oxygen atoms in total. The van der Waals surface area contributed by atoms with E-state index in [1.54, 1.807) is 7.05 Å². The first kappa shape index (κ1) is 13.4. The molecule has 0 saturated heterocycles. The summed E-state index contributed by atoms with van der Waals surface area (Å²) in [5, 5.41) is 9.49. The molecule has 94 valence electrons. The third kappa shape index (κ3) is 3.17. The van der Waals surface area contributed by atoms with Gasteiger partial charge in [0.25, 0.3) is 5.91 Å². The normalized spacial score (nSPS) is 12.2. The molecule has 1 atom stereocenters. The molecule has 0 fully saturated rings. The fraction of sp³-hybridized carbons (Fsp3) is 0.417. The Kier molecular flexibility index (Phi) is 4.45. The first-order valence-electron chi connectivity index (χ1n) is 5.40. The highest BCUT2D eigenvalue weighted by Gasteiger charge is 2.20. The predicted octanol–water partition coefficient (Wildman–Crippen LogP) is 1.20. The molecule has 0 aliphatic carbocycles. The number of carbonyl (C=O) groups is 1. The summed E-state index contributed by atoms with van der Waals surface area (Å²) in [6.07, 6.45) is 0. The number of rotatable bonds is 4. The molecule has 0 aliphatic heterocycles. The minimum atomic E-state index is -0.720. The van der Waals surface area contributed by atoms with Gasteiger partial charge in [0.1, 0.15) is 17.1 Å². The smallest absolute Gasteiger partial charge is 0.260 e. The van der Waals surface area contributed by atoms with Crippen LogP contribution < -0.4 is 5.73 Å². The van der Waals surface area contributed by atoms with Crippen LogP contribution in [0.1, 0.15) is 17.3 Å². The van der Waals surface area contributed by atoms with Crippen LogP contribution in [0.4, 0.5) is 4.39 Å². The molecule has 5 heteroatoms. The van der Waals surface area contributed by atoms with Crippen LogP contribution in [-0.4, -0.2) is 36.1 Å². The second-order valence-corrected chi connectivity index (χ2v) is 4.16. The average Bonchev–Trinajstić information content (AvgIpc) is 2.28. The van der Waals surface area contributed by atoms with Crippen molar-refractivity contribution in [1.82, 2.24) is 4.90 Å². The molecular formula is C12H17FN2O2. The number of hydrogen-bond acceptors (Lipinski definition) is 3. The largest absolute Gasteiger partial charge is 0.507 e. The molecule has 1 aromatic carbocycles. The molecule has 0 bridgehead atoms. The first-order chi connectivity index (χ1) is 7.97. The Morgan fingerprint density at radius 3 is 2.76 bits per heavy atom. The van der Waals surface area contributed by atoms with Crippen LogP contribution in [0.15, 0.2) is 18.2 Å².